The first-order valence-electron chi connectivity index (χ1n) is 5.42. The van der Waals surface area contributed by atoms with E-state index in [4.69, 9.17) is 9.52 Å². The quantitative estimate of drug-likeness (QED) is 0.811. The third kappa shape index (κ3) is 2.40. The summed E-state index contributed by atoms with van der Waals surface area (Å²) in [5.74, 6) is -1.73. The van der Waals surface area contributed by atoms with Gasteiger partial charge in [-0.15, -0.1) is 0 Å². The number of rotatable bonds is 3. The summed E-state index contributed by atoms with van der Waals surface area (Å²) in [7, 11) is -3.81. The summed E-state index contributed by atoms with van der Waals surface area (Å²) in [4.78, 5) is 10.6. The number of piperidine rings is 1. The van der Waals surface area contributed by atoms with Crippen molar-refractivity contribution in [2.45, 2.75) is 24.0 Å². The number of hydrogen-bond acceptors (Lipinski definition) is 5. The lowest BCUT2D eigenvalue weighted by Gasteiger charge is -2.27. The molecule has 1 aromatic rings. The molecule has 18 heavy (non-hydrogen) atoms. The zero-order chi connectivity index (χ0) is 13.3. The number of carbonyl (C=O) groups is 1. The zero-order valence-electron chi connectivity index (χ0n) is 9.44. The summed E-state index contributed by atoms with van der Waals surface area (Å²) >= 11 is 0. The molecular weight excluding hydrogens is 262 g/mol. The summed E-state index contributed by atoms with van der Waals surface area (Å²) in [6.07, 6.45) is 0.250. The van der Waals surface area contributed by atoms with E-state index >= 15 is 0 Å². The molecule has 1 saturated heterocycles. The van der Waals surface area contributed by atoms with Gasteiger partial charge in [-0.1, -0.05) is 0 Å². The van der Waals surface area contributed by atoms with Crippen molar-refractivity contribution in [1.29, 1.82) is 0 Å². The molecule has 0 atom stereocenters. The third-order valence-electron chi connectivity index (χ3n) is 2.81. The SMILES string of the molecule is O=C(O)c1ccc(S(=O)(=O)N2CCC(O)CC2)o1. The molecule has 0 bridgehead atoms. The molecule has 0 amide bonds. The van der Waals surface area contributed by atoms with Gasteiger partial charge in [0, 0.05) is 13.1 Å². The maximum atomic E-state index is 12.1. The minimum atomic E-state index is -3.81. The fourth-order valence-electron chi connectivity index (χ4n) is 1.78. The van der Waals surface area contributed by atoms with Crippen LogP contribution in [0.4, 0.5) is 0 Å². The van der Waals surface area contributed by atoms with Crippen molar-refractivity contribution >= 4 is 16.0 Å². The topological polar surface area (TPSA) is 108 Å². The minimum Gasteiger partial charge on any atom is -0.475 e. The van der Waals surface area contributed by atoms with Gasteiger partial charge in [-0.3, -0.25) is 0 Å². The Bertz CT molecular complexity index is 540. The number of carboxylic acid groups (broad SMARTS) is 1. The van der Waals surface area contributed by atoms with Crippen molar-refractivity contribution in [3.05, 3.63) is 17.9 Å². The van der Waals surface area contributed by atoms with Crippen molar-refractivity contribution in [3.8, 4) is 0 Å². The smallest absolute Gasteiger partial charge is 0.371 e. The Morgan fingerprint density at radius 3 is 2.44 bits per heavy atom. The maximum absolute atomic E-state index is 12.1. The second kappa shape index (κ2) is 4.71. The average molecular weight is 275 g/mol. The molecule has 0 aromatic carbocycles. The van der Waals surface area contributed by atoms with Gasteiger partial charge in [-0.05, 0) is 25.0 Å². The summed E-state index contributed by atoms with van der Waals surface area (Å²) in [5, 5.41) is 17.6. The van der Waals surface area contributed by atoms with E-state index in [9.17, 15) is 18.3 Å². The van der Waals surface area contributed by atoms with E-state index in [1.165, 1.54) is 4.31 Å². The second-order valence-corrected chi connectivity index (χ2v) is 5.93. The van der Waals surface area contributed by atoms with E-state index in [-0.39, 0.29) is 18.2 Å². The highest BCUT2D eigenvalue weighted by atomic mass is 32.2. The van der Waals surface area contributed by atoms with Crippen molar-refractivity contribution in [1.82, 2.24) is 4.31 Å². The molecule has 7 nitrogen and oxygen atoms in total. The summed E-state index contributed by atoms with van der Waals surface area (Å²) in [6, 6.07) is 2.23. The van der Waals surface area contributed by atoms with Gasteiger partial charge in [0.15, 0.2) is 0 Å². The molecule has 0 spiro atoms. The van der Waals surface area contributed by atoms with Gasteiger partial charge < -0.3 is 14.6 Å². The van der Waals surface area contributed by atoms with Crippen molar-refractivity contribution in [3.63, 3.8) is 0 Å². The number of sulfonamides is 1. The van der Waals surface area contributed by atoms with Crippen LogP contribution in [0.15, 0.2) is 21.6 Å². The van der Waals surface area contributed by atoms with Gasteiger partial charge in [-0.2, -0.15) is 4.31 Å². The monoisotopic (exact) mass is 275 g/mol. The van der Waals surface area contributed by atoms with Gasteiger partial charge in [-0.25, -0.2) is 13.2 Å². The van der Waals surface area contributed by atoms with Crippen molar-refractivity contribution in [2.24, 2.45) is 0 Å². The molecule has 1 aliphatic rings. The standard InChI is InChI=1S/C10H13NO6S/c12-7-3-5-11(6-4-7)18(15,16)9-2-1-8(17-9)10(13)14/h1-2,7,12H,3-6H2,(H,13,14). The maximum Gasteiger partial charge on any atom is 0.371 e. The second-order valence-electron chi connectivity index (χ2n) is 4.06. The molecular formula is C10H13NO6S. The van der Waals surface area contributed by atoms with Gasteiger partial charge in [0.05, 0.1) is 6.10 Å². The molecule has 2 heterocycles. The van der Waals surface area contributed by atoms with E-state index in [1.807, 2.05) is 0 Å². The Balaban J connectivity index is 2.22. The molecule has 0 unspecified atom stereocenters. The van der Waals surface area contributed by atoms with Crippen LogP contribution in [0.3, 0.4) is 0 Å². The fourth-order valence-corrected chi connectivity index (χ4v) is 3.16. The molecule has 1 fully saturated rings. The van der Waals surface area contributed by atoms with E-state index in [2.05, 4.69) is 0 Å². The summed E-state index contributed by atoms with van der Waals surface area (Å²) in [6.45, 7) is 0.402. The zero-order valence-corrected chi connectivity index (χ0v) is 10.3. The lowest BCUT2D eigenvalue weighted by Crippen LogP contribution is -2.39. The normalized spacial score (nSPS) is 18.9. The van der Waals surface area contributed by atoms with E-state index < -0.39 is 27.9 Å². The number of carboxylic acids is 1. The van der Waals surface area contributed by atoms with Crippen molar-refractivity contribution in [2.75, 3.05) is 13.1 Å². The van der Waals surface area contributed by atoms with Crippen molar-refractivity contribution < 1.29 is 27.8 Å². The van der Waals surface area contributed by atoms with Crippen LogP contribution >= 0.6 is 0 Å². The fraction of sp³-hybridized carbons (Fsp3) is 0.500. The van der Waals surface area contributed by atoms with Crippen LogP contribution < -0.4 is 0 Å². The van der Waals surface area contributed by atoms with Crippen LogP contribution in [-0.2, 0) is 10.0 Å². The lowest BCUT2D eigenvalue weighted by atomic mass is 10.1. The highest BCUT2D eigenvalue weighted by molar-refractivity contribution is 7.89. The molecule has 1 aromatic heterocycles. The minimum absolute atomic E-state index is 0.201. The number of furan rings is 1. The largest absolute Gasteiger partial charge is 0.475 e. The first-order valence-corrected chi connectivity index (χ1v) is 6.86. The molecule has 1 aliphatic heterocycles. The van der Waals surface area contributed by atoms with E-state index in [1.54, 1.807) is 0 Å². The van der Waals surface area contributed by atoms with Crippen LogP contribution in [0, 0.1) is 0 Å². The molecule has 0 saturated carbocycles. The van der Waals surface area contributed by atoms with E-state index in [0.717, 1.165) is 12.1 Å². The Hall–Kier alpha value is -1.38. The van der Waals surface area contributed by atoms with Crippen LogP contribution in [0.1, 0.15) is 23.4 Å². The number of aliphatic hydroxyl groups excluding tert-OH is 1. The summed E-state index contributed by atoms with van der Waals surface area (Å²) in [5.41, 5.74) is 0. The lowest BCUT2D eigenvalue weighted by molar-refractivity contribution is 0.0656. The van der Waals surface area contributed by atoms with Gasteiger partial charge in [0.1, 0.15) is 0 Å². The average Bonchev–Trinajstić information content (AvgIpc) is 2.79. The molecule has 2 rings (SSSR count). The van der Waals surface area contributed by atoms with Crippen LogP contribution in [0.2, 0.25) is 0 Å². The number of hydrogen-bond donors (Lipinski definition) is 2. The van der Waals surface area contributed by atoms with Crippen LogP contribution in [-0.4, -0.2) is 48.1 Å². The highest BCUT2D eigenvalue weighted by Gasteiger charge is 2.31. The first-order chi connectivity index (χ1) is 8.41. The van der Waals surface area contributed by atoms with Crippen LogP contribution in [0.5, 0.6) is 0 Å². The molecule has 2 N–H and O–H groups in total. The van der Waals surface area contributed by atoms with E-state index in [0.29, 0.717) is 12.8 Å². The molecule has 0 radical (unpaired) electrons. The Morgan fingerprint density at radius 1 is 1.33 bits per heavy atom. The predicted molar refractivity (Wildman–Crippen MR) is 59.7 cm³/mol. The number of nitrogens with zero attached hydrogens (tertiary/aromatic N) is 1. The highest BCUT2D eigenvalue weighted by Crippen LogP contribution is 2.22. The number of aromatic carboxylic acids is 1. The predicted octanol–water partition coefficient (Wildman–Crippen LogP) is 0.123. The Kier molecular flexibility index (Phi) is 3.42. The molecule has 8 heteroatoms. The van der Waals surface area contributed by atoms with Crippen LogP contribution in [0.25, 0.3) is 0 Å². The third-order valence-corrected chi connectivity index (χ3v) is 4.58. The Morgan fingerprint density at radius 2 is 1.94 bits per heavy atom. The van der Waals surface area contributed by atoms with Gasteiger partial charge in [0.2, 0.25) is 10.9 Å². The molecule has 0 aliphatic carbocycles. The summed E-state index contributed by atoms with van der Waals surface area (Å²) < 4.78 is 30.2. The number of aliphatic hydroxyl groups is 1. The molecule has 100 valence electrons. The van der Waals surface area contributed by atoms with Gasteiger partial charge in [0.25, 0.3) is 10.0 Å². The Labute approximate surface area is 104 Å². The van der Waals surface area contributed by atoms with Gasteiger partial charge >= 0.3 is 5.97 Å². The first kappa shape index (κ1) is 13.1.